The smallest absolute Gasteiger partial charge is 0.156 e. The SMILES string of the molecule is CCC(C)(C)NCc1cc(Cl)c(OC)c(Cl)c1. The van der Waals surface area contributed by atoms with Gasteiger partial charge < -0.3 is 10.1 Å². The summed E-state index contributed by atoms with van der Waals surface area (Å²) >= 11 is 12.2. The lowest BCUT2D eigenvalue weighted by Gasteiger charge is -2.24. The number of rotatable bonds is 5. The molecule has 0 aliphatic carbocycles. The molecule has 0 unspecified atom stereocenters. The van der Waals surface area contributed by atoms with Crippen LogP contribution in [0.25, 0.3) is 0 Å². The van der Waals surface area contributed by atoms with E-state index in [1.807, 2.05) is 12.1 Å². The van der Waals surface area contributed by atoms with Gasteiger partial charge >= 0.3 is 0 Å². The van der Waals surface area contributed by atoms with E-state index in [0.717, 1.165) is 18.5 Å². The summed E-state index contributed by atoms with van der Waals surface area (Å²) in [6.07, 6.45) is 1.06. The molecule has 96 valence electrons. The van der Waals surface area contributed by atoms with Gasteiger partial charge in [-0.3, -0.25) is 0 Å². The van der Waals surface area contributed by atoms with Gasteiger partial charge in [-0.05, 0) is 38.0 Å². The molecular formula is C13H19Cl2NO. The molecule has 0 atom stereocenters. The van der Waals surface area contributed by atoms with Gasteiger partial charge in [0, 0.05) is 12.1 Å². The van der Waals surface area contributed by atoms with E-state index < -0.39 is 0 Å². The molecule has 0 spiro atoms. The molecule has 1 aromatic carbocycles. The minimum Gasteiger partial charge on any atom is -0.494 e. The second-order valence-electron chi connectivity index (χ2n) is 4.68. The van der Waals surface area contributed by atoms with Crippen molar-refractivity contribution in [3.63, 3.8) is 0 Å². The molecule has 0 saturated carbocycles. The number of hydrogen-bond acceptors (Lipinski definition) is 2. The number of benzene rings is 1. The highest BCUT2D eigenvalue weighted by Gasteiger charge is 2.14. The van der Waals surface area contributed by atoms with Crippen molar-refractivity contribution in [2.24, 2.45) is 0 Å². The standard InChI is InChI=1S/C13H19Cl2NO/c1-5-13(2,3)16-8-9-6-10(14)12(17-4)11(15)7-9/h6-7,16H,5,8H2,1-4H3. The molecule has 0 fully saturated rings. The van der Waals surface area contributed by atoms with Crippen LogP contribution in [0.1, 0.15) is 32.8 Å². The maximum Gasteiger partial charge on any atom is 0.156 e. The molecule has 0 aliphatic heterocycles. The normalized spacial score (nSPS) is 11.6. The van der Waals surface area contributed by atoms with Gasteiger partial charge in [0.1, 0.15) is 0 Å². The maximum atomic E-state index is 6.08. The van der Waals surface area contributed by atoms with Gasteiger partial charge in [-0.1, -0.05) is 30.1 Å². The highest BCUT2D eigenvalue weighted by molar-refractivity contribution is 6.37. The topological polar surface area (TPSA) is 21.3 Å². The molecule has 4 heteroatoms. The van der Waals surface area contributed by atoms with Crippen LogP contribution in [0.2, 0.25) is 10.0 Å². The van der Waals surface area contributed by atoms with Crippen molar-refractivity contribution in [3.05, 3.63) is 27.7 Å². The molecule has 0 aromatic heterocycles. The van der Waals surface area contributed by atoms with Crippen LogP contribution in [0.3, 0.4) is 0 Å². The van der Waals surface area contributed by atoms with E-state index in [1.54, 1.807) is 7.11 Å². The molecule has 0 aliphatic rings. The van der Waals surface area contributed by atoms with Gasteiger partial charge in [0.2, 0.25) is 0 Å². The van der Waals surface area contributed by atoms with Crippen molar-refractivity contribution in [1.29, 1.82) is 0 Å². The number of methoxy groups -OCH3 is 1. The first-order chi connectivity index (χ1) is 7.89. The predicted molar refractivity (Wildman–Crippen MR) is 74.2 cm³/mol. The van der Waals surface area contributed by atoms with Gasteiger partial charge in [-0.25, -0.2) is 0 Å². The van der Waals surface area contributed by atoms with E-state index in [0.29, 0.717) is 15.8 Å². The lowest BCUT2D eigenvalue weighted by molar-refractivity contribution is 0.374. The Morgan fingerprint density at radius 1 is 1.24 bits per heavy atom. The highest BCUT2D eigenvalue weighted by atomic mass is 35.5. The van der Waals surface area contributed by atoms with Crippen LogP contribution in [0.15, 0.2) is 12.1 Å². The van der Waals surface area contributed by atoms with Crippen LogP contribution in [0.5, 0.6) is 5.75 Å². The summed E-state index contributed by atoms with van der Waals surface area (Å²) < 4.78 is 5.11. The van der Waals surface area contributed by atoms with Crippen molar-refractivity contribution >= 4 is 23.2 Å². The van der Waals surface area contributed by atoms with Crippen LogP contribution < -0.4 is 10.1 Å². The van der Waals surface area contributed by atoms with E-state index in [9.17, 15) is 0 Å². The third kappa shape index (κ3) is 4.06. The molecule has 0 bridgehead atoms. The maximum absolute atomic E-state index is 6.08. The lowest BCUT2D eigenvalue weighted by Crippen LogP contribution is -2.37. The first kappa shape index (κ1) is 14.6. The Morgan fingerprint density at radius 3 is 2.18 bits per heavy atom. The Bertz CT molecular complexity index is 368. The molecule has 0 amide bonds. The predicted octanol–water partition coefficient (Wildman–Crippen LogP) is 4.28. The summed E-state index contributed by atoms with van der Waals surface area (Å²) in [6, 6.07) is 3.76. The molecule has 1 N–H and O–H groups in total. The summed E-state index contributed by atoms with van der Waals surface area (Å²) in [7, 11) is 1.56. The third-order valence-electron chi connectivity index (χ3n) is 2.92. The zero-order valence-electron chi connectivity index (χ0n) is 10.7. The largest absolute Gasteiger partial charge is 0.494 e. The number of nitrogens with one attached hydrogen (secondary N) is 1. The van der Waals surface area contributed by atoms with Crippen molar-refractivity contribution < 1.29 is 4.74 Å². The summed E-state index contributed by atoms with van der Waals surface area (Å²) in [4.78, 5) is 0. The summed E-state index contributed by atoms with van der Waals surface area (Å²) in [5.41, 5.74) is 1.17. The van der Waals surface area contributed by atoms with Gasteiger partial charge in [0.05, 0.1) is 17.2 Å². The average molecular weight is 276 g/mol. The van der Waals surface area contributed by atoms with E-state index in [-0.39, 0.29) is 5.54 Å². The molecule has 1 rings (SSSR count). The zero-order valence-corrected chi connectivity index (χ0v) is 12.2. The van der Waals surface area contributed by atoms with Crippen LogP contribution in [0, 0.1) is 0 Å². The Hall–Kier alpha value is -0.440. The fourth-order valence-corrected chi connectivity index (χ4v) is 2.06. The Kier molecular flexibility index (Phi) is 5.11. The van der Waals surface area contributed by atoms with Crippen molar-refractivity contribution in [2.45, 2.75) is 39.3 Å². The molecule has 1 aromatic rings. The van der Waals surface area contributed by atoms with E-state index >= 15 is 0 Å². The zero-order chi connectivity index (χ0) is 13.1. The highest BCUT2D eigenvalue weighted by Crippen LogP contribution is 2.33. The van der Waals surface area contributed by atoms with Gasteiger partial charge in [0.25, 0.3) is 0 Å². The second-order valence-corrected chi connectivity index (χ2v) is 5.50. The van der Waals surface area contributed by atoms with Crippen molar-refractivity contribution in [3.8, 4) is 5.75 Å². The van der Waals surface area contributed by atoms with Gasteiger partial charge in [-0.2, -0.15) is 0 Å². The number of ether oxygens (including phenoxy) is 1. The first-order valence-electron chi connectivity index (χ1n) is 5.66. The third-order valence-corrected chi connectivity index (χ3v) is 3.48. The van der Waals surface area contributed by atoms with Gasteiger partial charge in [0.15, 0.2) is 5.75 Å². The Morgan fingerprint density at radius 2 is 1.76 bits per heavy atom. The molecule has 2 nitrogen and oxygen atoms in total. The quantitative estimate of drug-likeness (QED) is 0.866. The van der Waals surface area contributed by atoms with Crippen LogP contribution in [0.4, 0.5) is 0 Å². The van der Waals surface area contributed by atoms with Crippen LogP contribution >= 0.6 is 23.2 Å². The molecular weight excluding hydrogens is 257 g/mol. The number of halogens is 2. The fraction of sp³-hybridized carbons (Fsp3) is 0.538. The monoisotopic (exact) mass is 275 g/mol. The van der Waals surface area contributed by atoms with E-state index in [2.05, 4.69) is 26.1 Å². The Labute approximate surface area is 113 Å². The summed E-state index contributed by atoms with van der Waals surface area (Å²) in [5.74, 6) is 0.534. The summed E-state index contributed by atoms with van der Waals surface area (Å²) in [5, 5.41) is 4.55. The molecule has 0 saturated heterocycles. The van der Waals surface area contributed by atoms with Gasteiger partial charge in [-0.15, -0.1) is 0 Å². The van der Waals surface area contributed by atoms with Crippen molar-refractivity contribution in [1.82, 2.24) is 5.32 Å². The first-order valence-corrected chi connectivity index (χ1v) is 6.42. The number of hydrogen-bond donors (Lipinski definition) is 1. The Balaban J connectivity index is 2.80. The van der Waals surface area contributed by atoms with Crippen LogP contribution in [-0.4, -0.2) is 12.6 Å². The summed E-state index contributed by atoms with van der Waals surface area (Å²) in [6.45, 7) is 7.23. The van der Waals surface area contributed by atoms with E-state index in [4.69, 9.17) is 27.9 Å². The molecule has 17 heavy (non-hydrogen) atoms. The fourth-order valence-electron chi connectivity index (χ4n) is 1.38. The van der Waals surface area contributed by atoms with E-state index in [1.165, 1.54) is 0 Å². The average Bonchev–Trinajstić information content (AvgIpc) is 2.26. The second kappa shape index (κ2) is 5.94. The van der Waals surface area contributed by atoms with Crippen LogP contribution in [-0.2, 0) is 6.54 Å². The minimum absolute atomic E-state index is 0.110. The molecule has 0 heterocycles. The minimum atomic E-state index is 0.110. The molecule has 0 radical (unpaired) electrons. The lowest BCUT2D eigenvalue weighted by atomic mass is 10.0. The van der Waals surface area contributed by atoms with Crippen molar-refractivity contribution in [2.75, 3.05) is 7.11 Å².